The molecule has 7 nitrogen and oxygen atoms in total. The molecule has 11 heteroatoms. The van der Waals surface area contributed by atoms with Crippen LogP contribution in [0.5, 0.6) is 0 Å². The SMILES string of the molecule is O=C(CC1SC(=NS(=O)(=O)c2ccc(Br)cc2)N(c2ccccc2)C1=O)Nc1ccc(Cl)cc1. The van der Waals surface area contributed by atoms with Gasteiger partial charge in [-0.3, -0.25) is 14.5 Å². The van der Waals surface area contributed by atoms with E-state index < -0.39 is 27.1 Å². The van der Waals surface area contributed by atoms with Gasteiger partial charge in [-0.2, -0.15) is 8.42 Å². The Morgan fingerprint density at radius 2 is 1.68 bits per heavy atom. The highest BCUT2D eigenvalue weighted by atomic mass is 79.9. The molecule has 0 radical (unpaired) electrons. The van der Waals surface area contributed by atoms with Gasteiger partial charge in [-0.05, 0) is 60.7 Å². The van der Waals surface area contributed by atoms with Crippen LogP contribution < -0.4 is 10.2 Å². The summed E-state index contributed by atoms with van der Waals surface area (Å²) in [5.41, 5.74) is 1.00. The number of para-hydroxylation sites is 1. The summed E-state index contributed by atoms with van der Waals surface area (Å²) in [6.45, 7) is 0. The molecule has 0 aliphatic carbocycles. The van der Waals surface area contributed by atoms with Crippen LogP contribution in [0.4, 0.5) is 11.4 Å². The molecule has 1 N–H and O–H groups in total. The Kier molecular flexibility index (Phi) is 7.42. The maximum atomic E-state index is 13.2. The first-order chi connectivity index (χ1) is 16.2. The summed E-state index contributed by atoms with van der Waals surface area (Å²) in [7, 11) is -4.09. The molecule has 0 spiro atoms. The Morgan fingerprint density at radius 3 is 2.32 bits per heavy atom. The van der Waals surface area contributed by atoms with E-state index in [1.54, 1.807) is 66.7 Å². The minimum absolute atomic E-state index is 0.00630. The van der Waals surface area contributed by atoms with E-state index >= 15 is 0 Å². The predicted molar refractivity (Wildman–Crippen MR) is 139 cm³/mol. The number of nitrogens with one attached hydrogen (secondary N) is 1. The molecule has 1 fully saturated rings. The van der Waals surface area contributed by atoms with Crippen molar-refractivity contribution in [2.24, 2.45) is 4.40 Å². The Morgan fingerprint density at radius 1 is 1.03 bits per heavy atom. The zero-order chi connectivity index (χ0) is 24.3. The first-order valence-electron chi connectivity index (χ1n) is 9.94. The number of carbonyl (C=O) groups excluding carboxylic acids is 2. The fraction of sp³-hybridized carbons (Fsp3) is 0.0870. The van der Waals surface area contributed by atoms with Crippen LogP contribution in [0.1, 0.15) is 6.42 Å². The Bertz CT molecular complexity index is 1350. The van der Waals surface area contributed by atoms with Crippen molar-refractivity contribution in [3.63, 3.8) is 0 Å². The topological polar surface area (TPSA) is 95.9 Å². The Balaban J connectivity index is 1.61. The third kappa shape index (κ3) is 5.69. The zero-order valence-electron chi connectivity index (χ0n) is 17.4. The summed E-state index contributed by atoms with van der Waals surface area (Å²) < 4.78 is 30.6. The van der Waals surface area contributed by atoms with Crippen LogP contribution in [0.2, 0.25) is 5.02 Å². The average molecular weight is 579 g/mol. The maximum Gasteiger partial charge on any atom is 0.284 e. The number of benzene rings is 3. The summed E-state index contributed by atoms with van der Waals surface area (Å²) in [4.78, 5) is 27.1. The predicted octanol–water partition coefficient (Wildman–Crippen LogP) is 5.32. The molecule has 34 heavy (non-hydrogen) atoms. The van der Waals surface area contributed by atoms with Gasteiger partial charge in [0.05, 0.1) is 10.6 Å². The summed E-state index contributed by atoms with van der Waals surface area (Å²) in [6.07, 6.45) is -0.160. The Labute approximate surface area is 214 Å². The number of anilines is 2. The minimum Gasteiger partial charge on any atom is -0.326 e. The number of hydrogen-bond acceptors (Lipinski definition) is 5. The normalized spacial score (nSPS) is 17.2. The quantitative estimate of drug-likeness (QED) is 0.427. The van der Waals surface area contributed by atoms with Gasteiger partial charge in [0.15, 0.2) is 5.17 Å². The number of amidine groups is 1. The van der Waals surface area contributed by atoms with E-state index in [9.17, 15) is 18.0 Å². The lowest BCUT2D eigenvalue weighted by atomic mass is 10.2. The highest BCUT2D eigenvalue weighted by Gasteiger charge is 2.41. The molecule has 0 bridgehead atoms. The molecule has 4 rings (SSSR count). The van der Waals surface area contributed by atoms with Crippen LogP contribution in [0.25, 0.3) is 0 Å². The maximum absolute atomic E-state index is 13.2. The van der Waals surface area contributed by atoms with Gasteiger partial charge in [0.2, 0.25) is 11.8 Å². The molecular formula is C23H17BrClN3O4S2. The van der Waals surface area contributed by atoms with Gasteiger partial charge in [0.1, 0.15) is 5.25 Å². The van der Waals surface area contributed by atoms with Crippen molar-refractivity contribution in [3.8, 4) is 0 Å². The molecule has 1 aliphatic rings. The van der Waals surface area contributed by atoms with E-state index in [4.69, 9.17) is 11.6 Å². The number of nitrogens with zero attached hydrogens (tertiary/aromatic N) is 2. The van der Waals surface area contributed by atoms with Crippen molar-refractivity contribution in [3.05, 3.63) is 88.4 Å². The van der Waals surface area contributed by atoms with Gasteiger partial charge in [-0.25, -0.2) is 0 Å². The number of carbonyl (C=O) groups is 2. The highest BCUT2D eigenvalue weighted by molar-refractivity contribution is 9.10. The van der Waals surface area contributed by atoms with Crippen LogP contribution in [-0.4, -0.2) is 30.6 Å². The number of rotatable bonds is 6. The highest BCUT2D eigenvalue weighted by Crippen LogP contribution is 2.35. The summed E-state index contributed by atoms with van der Waals surface area (Å²) >= 11 is 10.1. The number of hydrogen-bond donors (Lipinski definition) is 1. The summed E-state index contributed by atoms with van der Waals surface area (Å²) in [5, 5.41) is 2.40. The average Bonchev–Trinajstić information content (AvgIpc) is 3.10. The lowest BCUT2D eigenvalue weighted by Gasteiger charge is -2.16. The molecule has 1 saturated heterocycles. The minimum atomic E-state index is -4.09. The summed E-state index contributed by atoms with van der Waals surface area (Å²) in [5.74, 6) is -0.814. The molecule has 3 aromatic rings. The fourth-order valence-corrected chi connectivity index (χ4v) is 5.88. The van der Waals surface area contributed by atoms with Crippen molar-refractivity contribution >= 4 is 77.7 Å². The second-order valence-corrected chi connectivity index (χ2v) is 11.3. The molecular weight excluding hydrogens is 562 g/mol. The molecule has 1 aliphatic heterocycles. The van der Waals surface area contributed by atoms with Crippen LogP contribution in [0.15, 0.2) is 92.6 Å². The van der Waals surface area contributed by atoms with Crippen LogP contribution in [-0.2, 0) is 19.6 Å². The number of amides is 2. The smallest absolute Gasteiger partial charge is 0.284 e. The van der Waals surface area contributed by atoms with Gasteiger partial charge in [-0.15, -0.1) is 4.40 Å². The first kappa shape index (κ1) is 24.5. The van der Waals surface area contributed by atoms with Crippen molar-refractivity contribution < 1.29 is 18.0 Å². The van der Waals surface area contributed by atoms with Crippen molar-refractivity contribution in [1.82, 2.24) is 0 Å². The first-order valence-corrected chi connectivity index (χ1v) is 13.4. The summed E-state index contributed by atoms with van der Waals surface area (Å²) in [6, 6.07) is 21.2. The van der Waals surface area contributed by atoms with Crippen molar-refractivity contribution in [1.29, 1.82) is 0 Å². The third-order valence-corrected chi connectivity index (χ3v) is 8.07. The van der Waals surface area contributed by atoms with E-state index in [1.165, 1.54) is 17.0 Å². The molecule has 174 valence electrons. The van der Waals surface area contributed by atoms with Crippen LogP contribution in [0.3, 0.4) is 0 Å². The zero-order valence-corrected chi connectivity index (χ0v) is 21.4. The molecule has 3 aromatic carbocycles. The van der Waals surface area contributed by atoms with E-state index in [0.717, 1.165) is 16.2 Å². The fourth-order valence-electron chi connectivity index (χ4n) is 3.15. The Hall–Kier alpha value is -2.66. The van der Waals surface area contributed by atoms with Gasteiger partial charge in [0.25, 0.3) is 10.0 Å². The molecule has 0 aromatic heterocycles. The second kappa shape index (κ2) is 10.3. The number of thioether (sulfide) groups is 1. The largest absolute Gasteiger partial charge is 0.326 e. The number of sulfonamides is 1. The molecule has 0 saturated carbocycles. The van der Waals surface area contributed by atoms with E-state index in [1.807, 2.05) is 0 Å². The van der Waals surface area contributed by atoms with Gasteiger partial charge < -0.3 is 5.32 Å². The molecule has 1 atom stereocenters. The third-order valence-electron chi connectivity index (χ3n) is 4.76. The van der Waals surface area contributed by atoms with Gasteiger partial charge in [0, 0.05) is 21.6 Å². The molecule has 1 heterocycles. The lowest BCUT2D eigenvalue weighted by molar-refractivity contribution is -0.121. The van der Waals surface area contributed by atoms with Gasteiger partial charge >= 0.3 is 0 Å². The van der Waals surface area contributed by atoms with E-state index in [2.05, 4.69) is 25.6 Å². The van der Waals surface area contributed by atoms with Crippen molar-refractivity contribution in [2.75, 3.05) is 10.2 Å². The van der Waals surface area contributed by atoms with E-state index in [-0.39, 0.29) is 16.5 Å². The molecule has 2 amide bonds. The number of halogens is 2. The lowest BCUT2D eigenvalue weighted by Crippen LogP contribution is -2.33. The monoisotopic (exact) mass is 577 g/mol. The van der Waals surface area contributed by atoms with Gasteiger partial charge in [-0.1, -0.05) is 57.5 Å². The van der Waals surface area contributed by atoms with Crippen LogP contribution >= 0.6 is 39.3 Å². The second-order valence-electron chi connectivity index (χ2n) is 7.18. The standard InChI is InChI=1S/C23H17BrClN3O4S2/c24-15-6-12-19(13-7-15)34(31,32)27-23-28(18-4-2-1-3-5-18)22(30)20(33-23)14-21(29)26-17-10-8-16(25)9-11-17/h1-13,20H,14H2,(H,26,29). The molecule has 1 unspecified atom stereocenters. The van der Waals surface area contributed by atoms with Crippen molar-refractivity contribution in [2.45, 2.75) is 16.6 Å². The van der Waals surface area contributed by atoms with Crippen LogP contribution in [0, 0.1) is 0 Å². The van der Waals surface area contributed by atoms with E-state index in [0.29, 0.717) is 16.4 Å².